The third kappa shape index (κ3) is 5.32. The van der Waals surface area contributed by atoms with Gasteiger partial charge < -0.3 is 24.8 Å². The Kier molecular flexibility index (Phi) is 7.03. The first-order chi connectivity index (χ1) is 19.8. The van der Waals surface area contributed by atoms with Crippen LogP contribution < -0.4 is 20.1 Å². The van der Waals surface area contributed by atoms with E-state index in [0.717, 1.165) is 23.1 Å². The number of hydrogen-bond donors (Lipinski definition) is 3. The molecule has 1 aliphatic heterocycles. The lowest BCUT2D eigenvalue weighted by Crippen LogP contribution is -2.50. The summed E-state index contributed by atoms with van der Waals surface area (Å²) in [6.45, 7) is 3.95. The molecule has 1 aliphatic carbocycles. The van der Waals surface area contributed by atoms with E-state index < -0.39 is 11.4 Å². The second kappa shape index (κ2) is 10.8. The van der Waals surface area contributed by atoms with E-state index in [1.165, 1.54) is 10.9 Å². The lowest BCUT2D eigenvalue weighted by atomic mass is 9.76. The van der Waals surface area contributed by atoms with Gasteiger partial charge in [0.1, 0.15) is 11.4 Å². The molecule has 4 aromatic heterocycles. The number of carbonyl (C=O) groups excluding carboxylic acids is 1. The smallest absolute Gasteiger partial charge is 0.252 e. The topological polar surface area (TPSA) is 141 Å². The van der Waals surface area contributed by atoms with Gasteiger partial charge in [0, 0.05) is 37.1 Å². The number of aromatic amines is 1. The van der Waals surface area contributed by atoms with Crippen molar-refractivity contribution in [2.24, 2.45) is 0 Å². The summed E-state index contributed by atoms with van der Waals surface area (Å²) in [5.41, 5.74) is 1.58. The van der Waals surface area contributed by atoms with Crippen LogP contribution in [0.5, 0.6) is 11.5 Å². The van der Waals surface area contributed by atoms with Crippen molar-refractivity contribution in [3.05, 3.63) is 65.6 Å². The van der Waals surface area contributed by atoms with E-state index >= 15 is 0 Å². The highest BCUT2D eigenvalue weighted by molar-refractivity contribution is 5.85. The van der Waals surface area contributed by atoms with E-state index in [-0.39, 0.29) is 24.7 Å². The minimum Gasteiger partial charge on any atom is -0.453 e. The third-order valence-corrected chi connectivity index (χ3v) is 7.73. The summed E-state index contributed by atoms with van der Waals surface area (Å²) in [5, 5.41) is 17.4. The predicted octanol–water partition coefficient (Wildman–Crippen LogP) is 4.23. The van der Waals surface area contributed by atoms with Gasteiger partial charge in [-0.3, -0.25) is 9.89 Å². The number of fused-ring (bicyclic) bond motifs is 1. The van der Waals surface area contributed by atoms with Crippen molar-refractivity contribution in [1.29, 1.82) is 0 Å². The first-order valence-electron chi connectivity index (χ1n) is 13.5. The molecule has 1 saturated carbocycles. The third-order valence-electron chi connectivity index (χ3n) is 7.73. The Bertz CT molecular complexity index is 1540. The Morgan fingerprint density at radius 2 is 2.05 bits per heavy atom. The molecule has 214 valence electrons. The molecular weight excluding hydrogens is 531 g/mol. The standard InChI is InChI=1S/C28H31FN8O4/c1-16-10-23(36-35-16)33-22-11-21-26(41-15-40-21)25(34-22)18-6-8-28(39-3,9-7-18)27(38)32-17(2)19-4-5-24(30-12-19)37-14-20(29)13-31-37/h4-5,10-14,17-18H,6-9,15H2,1-3H3,(H,32,38)(H2,33,34,35,36)/t17-,18?,28?/m0/s1. The summed E-state index contributed by atoms with van der Waals surface area (Å²) in [7, 11) is 1.58. The Labute approximate surface area is 235 Å². The average Bonchev–Trinajstić information content (AvgIpc) is 3.74. The van der Waals surface area contributed by atoms with Gasteiger partial charge in [0.25, 0.3) is 5.91 Å². The second-order valence-corrected chi connectivity index (χ2v) is 10.4. The van der Waals surface area contributed by atoms with E-state index in [9.17, 15) is 9.18 Å². The molecule has 2 aliphatic rings. The number of methoxy groups -OCH3 is 1. The number of halogens is 1. The van der Waals surface area contributed by atoms with Gasteiger partial charge in [-0.2, -0.15) is 10.2 Å². The van der Waals surface area contributed by atoms with Crippen molar-refractivity contribution in [3.63, 3.8) is 0 Å². The first-order valence-corrected chi connectivity index (χ1v) is 13.5. The van der Waals surface area contributed by atoms with Crippen molar-refractivity contribution in [2.75, 3.05) is 19.2 Å². The number of rotatable bonds is 8. The van der Waals surface area contributed by atoms with Crippen LogP contribution >= 0.6 is 0 Å². The van der Waals surface area contributed by atoms with Gasteiger partial charge in [0.05, 0.1) is 24.1 Å². The molecule has 3 N–H and O–H groups in total. The fourth-order valence-electron chi connectivity index (χ4n) is 5.40. The molecule has 1 atom stereocenters. The number of aromatic nitrogens is 6. The maximum atomic E-state index is 13.5. The van der Waals surface area contributed by atoms with Crippen LogP contribution in [0.15, 0.2) is 42.9 Å². The number of pyridine rings is 2. The first kappa shape index (κ1) is 26.7. The number of H-pyrrole nitrogens is 1. The average molecular weight is 563 g/mol. The number of nitrogens with one attached hydrogen (secondary N) is 3. The van der Waals surface area contributed by atoms with Crippen LogP contribution in [0.2, 0.25) is 0 Å². The van der Waals surface area contributed by atoms with Gasteiger partial charge in [-0.15, -0.1) is 0 Å². The fourth-order valence-corrected chi connectivity index (χ4v) is 5.40. The van der Waals surface area contributed by atoms with Gasteiger partial charge in [0.15, 0.2) is 29.0 Å². The van der Waals surface area contributed by atoms with Crippen LogP contribution in [0.1, 0.15) is 61.5 Å². The molecule has 6 rings (SSSR count). The van der Waals surface area contributed by atoms with E-state index in [4.69, 9.17) is 19.2 Å². The number of aryl methyl sites for hydroxylation is 1. The number of hydrogen-bond acceptors (Lipinski definition) is 9. The molecule has 0 bridgehead atoms. The van der Waals surface area contributed by atoms with Crippen LogP contribution in [0.4, 0.5) is 16.0 Å². The Hall–Kier alpha value is -4.52. The van der Waals surface area contributed by atoms with E-state index in [2.05, 4.69) is 30.9 Å². The van der Waals surface area contributed by atoms with Crippen LogP contribution in [-0.4, -0.2) is 55.4 Å². The highest BCUT2D eigenvalue weighted by atomic mass is 19.1. The van der Waals surface area contributed by atoms with Crippen LogP contribution in [-0.2, 0) is 9.53 Å². The van der Waals surface area contributed by atoms with Crippen molar-refractivity contribution in [1.82, 2.24) is 35.3 Å². The molecule has 0 aromatic carbocycles. The minimum absolute atomic E-state index is 0.0606. The lowest BCUT2D eigenvalue weighted by molar-refractivity contribution is -0.148. The van der Waals surface area contributed by atoms with Gasteiger partial charge >= 0.3 is 0 Å². The maximum absolute atomic E-state index is 13.5. The Morgan fingerprint density at radius 1 is 1.22 bits per heavy atom. The Balaban J connectivity index is 1.13. The number of ether oxygens (including phenoxy) is 3. The molecule has 41 heavy (non-hydrogen) atoms. The Morgan fingerprint density at radius 3 is 2.71 bits per heavy atom. The number of amides is 1. The van der Waals surface area contributed by atoms with Crippen LogP contribution in [0, 0.1) is 12.7 Å². The summed E-state index contributed by atoms with van der Waals surface area (Å²) < 4.78 is 32.0. The molecule has 4 aromatic rings. The lowest BCUT2D eigenvalue weighted by Gasteiger charge is -2.38. The SMILES string of the molecule is COC1(C(=O)N[C@@H](C)c2ccc(-n3cc(F)cn3)nc2)CCC(c2nc(Nc3cc(C)[nH]n3)cc3c2OCO3)CC1. The molecular formula is C28H31FN8O4. The molecule has 0 unspecified atom stereocenters. The summed E-state index contributed by atoms with van der Waals surface area (Å²) in [4.78, 5) is 22.7. The van der Waals surface area contributed by atoms with Crippen molar-refractivity contribution in [2.45, 2.75) is 57.1 Å². The molecule has 12 nitrogen and oxygen atoms in total. The minimum atomic E-state index is -0.965. The molecule has 1 fully saturated rings. The molecule has 0 radical (unpaired) electrons. The van der Waals surface area contributed by atoms with Gasteiger partial charge in [0.2, 0.25) is 6.79 Å². The molecule has 1 amide bonds. The number of nitrogens with zero attached hydrogens (tertiary/aromatic N) is 5. The normalized spacial score (nSPS) is 20.5. The summed E-state index contributed by atoms with van der Waals surface area (Å²) in [6.07, 6.45) is 6.42. The number of carbonyl (C=O) groups is 1. The zero-order valence-corrected chi connectivity index (χ0v) is 23.0. The van der Waals surface area contributed by atoms with E-state index in [1.54, 1.807) is 19.4 Å². The second-order valence-electron chi connectivity index (χ2n) is 10.4. The van der Waals surface area contributed by atoms with Crippen LogP contribution in [0.25, 0.3) is 5.82 Å². The highest BCUT2D eigenvalue weighted by Crippen LogP contribution is 2.47. The van der Waals surface area contributed by atoms with Crippen molar-refractivity contribution >= 4 is 17.5 Å². The van der Waals surface area contributed by atoms with E-state index in [1.807, 2.05) is 32.0 Å². The fraction of sp³-hybridized carbons (Fsp3) is 0.393. The van der Waals surface area contributed by atoms with Gasteiger partial charge in [-0.25, -0.2) is 19.0 Å². The zero-order valence-electron chi connectivity index (χ0n) is 23.0. The number of anilines is 2. The monoisotopic (exact) mass is 562 g/mol. The molecule has 0 saturated heterocycles. The van der Waals surface area contributed by atoms with Crippen molar-refractivity contribution in [3.8, 4) is 17.3 Å². The quantitative estimate of drug-likeness (QED) is 0.288. The largest absolute Gasteiger partial charge is 0.453 e. The summed E-state index contributed by atoms with van der Waals surface area (Å²) in [5.74, 6) is 2.49. The summed E-state index contributed by atoms with van der Waals surface area (Å²) >= 11 is 0. The summed E-state index contributed by atoms with van der Waals surface area (Å²) in [6, 6.07) is 6.95. The van der Waals surface area contributed by atoms with E-state index in [0.29, 0.717) is 54.6 Å². The predicted molar refractivity (Wildman–Crippen MR) is 146 cm³/mol. The maximum Gasteiger partial charge on any atom is 0.252 e. The zero-order chi connectivity index (χ0) is 28.6. The van der Waals surface area contributed by atoms with Gasteiger partial charge in [-0.1, -0.05) is 6.07 Å². The molecule has 5 heterocycles. The van der Waals surface area contributed by atoms with Gasteiger partial charge in [-0.05, 0) is 51.2 Å². The van der Waals surface area contributed by atoms with Crippen molar-refractivity contribution < 1.29 is 23.4 Å². The highest BCUT2D eigenvalue weighted by Gasteiger charge is 2.44. The van der Waals surface area contributed by atoms with Crippen LogP contribution in [0.3, 0.4) is 0 Å². The molecule has 13 heteroatoms. The molecule has 0 spiro atoms.